The number of hydrogen-bond acceptors (Lipinski definition) is 6. The first-order valence-electron chi connectivity index (χ1n) is 12.8. The Hall–Kier alpha value is -3.44. The third kappa shape index (κ3) is 5.83. The number of rotatable bonds is 8. The van der Waals surface area contributed by atoms with Gasteiger partial charge in [0, 0.05) is 31.9 Å². The van der Waals surface area contributed by atoms with Gasteiger partial charge in [0.25, 0.3) is 5.91 Å². The first-order valence-corrected chi connectivity index (χ1v) is 12.8. The molecule has 5 rings (SSSR count). The lowest BCUT2D eigenvalue weighted by molar-refractivity contribution is 0.0760. The monoisotopic (exact) mass is 528 g/mol. The van der Waals surface area contributed by atoms with Gasteiger partial charge in [-0.2, -0.15) is 4.39 Å². The number of pyridine rings is 1. The van der Waals surface area contributed by atoms with Gasteiger partial charge >= 0.3 is 0 Å². The van der Waals surface area contributed by atoms with Crippen molar-refractivity contribution in [1.82, 2.24) is 24.8 Å². The number of nitrogens with one attached hydrogen (secondary N) is 2. The summed E-state index contributed by atoms with van der Waals surface area (Å²) in [6.45, 7) is 4.64. The average Bonchev–Trinajstić information content (AvgIpc) is 3.54. The first-order chi connectivity index (χ1) is 18.2. The minimum absolute atomic E-state index is 0.0629. The number of aromatic nitrogens is 3. The molecule has 202 valence electrons. The van der Waals surface area contributed by atoms with Gasteiger partial charge in [0.05, 0.1) is 52.9 Å². The van der Waals surface area contributed by atoms with Crippen LogP contribution in [-0.2, 0) is 0 Å². The number of carbonyl (C=O) groups excluding carboxylic acids is 1. The fourth-order valence-corrected chi connectivity index (χ4v) is 4.79. The molecule has 8 nitrogen and oxygen atoms in total. The van der Waals surface area contributed by atoms with E-state index in [1.807, 2.05) is 4.90 Å². The van der Waals surface area contributed by atoms with Crippen LogP contribution in [0.4, 0.5) is 18.9 Å². The van der Waals surface area contributed by atoms with E-state index in [2.05, 4.69) is 20.6 Å². The van der Waals surface area contributed by atoms with Crippen LogP contribution < -0.4 is 10.6 Å². The van der Waals surface area contributed by atoms with Gasteiger partial charge in [-0.1, -0.05) is 0 Å². The molecule has 11 heteroatoms. The standard InChI is InChI=1S/C27H31F3N6O2/c1-15-7-21(28)19(27(38)34-17-3-4-17)9-25(15)36-13-24(32-14-36)20-8-18(10-31-26(20)30)33-23-5-6-35(11-16(2)37)12-22(23)29/h7-10,13-14,16-17,22-23,33,37H,3-6,11-12H2,1-2H3,(H,34,38)/t16-,22+,23-/m0/s1. The number of likely N-dealkylation sites (tertiary alicyclic amines) is 1. The van der Waals surface area contributed by atoms with Gasteiger partial charge in [-0.25, -0.2) is 18.7 Å². The summed E-state index contributed by atoms with van der Waals surface area (Å²) in [4.78, 5) is 22.5. The van der Waals surface area contributed by atoms with Crippen LogP contribution in [0.1, 0.15) is 42.1 Å². The molecule has 0 spiro atoms. The van der Waals surface area contributed by atoms with E-state index in [-0.39, 0.29) is 29.4 Å². The zero-order valence-electron chi connectivity index (χ0n) is 21.3. The molecule has 0 bridgehead atoms. The molecule has 3 aromatic rings. The Balaban J connectivity index is 1.34. The Morgan fingerprint density at radius 1 is 1.21 bits per heavy atom. The van der Waals surface area contributed by atoms with E-state index in [1.54, 1.807) is 24.6 Å². The van der Waals surface area contributed by atoms with Crippen molar-refractivity contribution in [2.45, 2.75) is 57.5 Å². The Bertz CT molecular complexity index is 1330. The molecule has 2 aliphatic rings. The van der Waals surface area contributed by atoms with Gasteiger partial charge in [0.1, 0.15) is 12.0 Å². The summed E-state index contributed by atoms with van der Waals surface area (Å²) in [6, 6.07) is 3.91. The van der Waals surface area contributed by atoms with Crippen LogP contribution in [-0.4, -0.2) is 74.4 Å². The number of alkyl halides is 1. The Kier molecular flexibility index (Phi) is 7.40. The number of imidazole rings is 1. The van der Waals surface area contributed by atoms with Crippen LogP contribution in [0.5, 0.6) is 0 Å². The molecule has 1 saturated heterocycles. The van der Waals surface area contributed by atoms with Gasteiger partial charge in [0.15, 0.2) is 0 Å². The van der Waals surface area contributed by atoms with Crippen molar-refractivity contribution in [1.29, 1.82) is 0 Å². The number of aliphatic hydroxyl groups is 1. The number of β-amino-alcohol motifs (C(OH)–C–C–N with tert-alkyl or cyclic N) is 1. The van der Waals surface area contributed by atoms with Crippen molar-refractivity contribution in [2.75, 3.05) is 25.0 Å². The first kappa shape index (κ1) is 26.2. The van der Waals surface area contributed by atoms with Gasteiger partial charge in [-0.15, -0.1) is 0 Å². The molecule has 2 fully saturated rings. The van der Waals surface area contributed by atoms with Gasteiger partial charge in [0.2, 0.25) is 5.95 Å². The van der Waals surface area contributed by atoms with E-state index in [4.69, 9.17) is 0 Å². The maximum Gasteiger partial charge on any atom is 0.254 e. The van der Waals surface area contributed by atoms with Crippen LogP contribution in [0.3, 0.4) is 0 Å². The second kappa shape index (κ2) is 10.7. The largest absolute Gasteiger partial charge is 0.392 e. The minimum Gasteiger partial charge on any atom is -0.392 e. The molecule has 38 heavy (non-hydrogen) atoms. The normalized spacial score (nSPS) is 20.8. The number of nitrogens with zero attached hydrogens (tertiary/aromatic N) is 4. The molecule has 1 saturated carbocycles. The molecular weight excluding hydrogens is 497 g/mol. The zero-order valence-corrected chi connectivity index (χ0v) is 21.3. The summed E-state index contributed by atoms with van der Waals surface area (Å²) in [7, 11) is 0. The summed E-state index contributed by atoms with van der Waals surface area (Å²) in [5.41, 5.74) is 1.94. The van der Waals surface area contributed by atoms with Crippen LogP contribution >= 0.6 is 0 Å². The van der Waals surface area contributed by atoms with Gasteiger partial charge < -0.3 is 20.3 Å². The number of aliphatic hydroxyl groups excluding tert-OH is 1. The molecule has 0 unspecified atom stereocenters. The highest BCUT2D eigenvalue weighted by Gasteiger charge is 2.30. The Morgan fingerprint density at radius 3 is 2.71 bits per heavy atom. The second-order valence-electron chi connectivity index (χ2n) is 10.3. The summed E-state index contributed by atoms with van der Waals surface area (Å²) in [5, 5.41) is 15.5. The number of anilines is 1. The number of piperidine rings is 1. The number of halogens is 3. The molecular formula is C27H31F3N6O2. The summed E-state index contributed by atoms with van der Waals surface area (Å²) in [6.07, 6.45) is 4.97. The van der Waals surface area contributed by atoms with Gasteiger partial charge in [-0.05, 0) is 56.9 Å². The van der Waals surface area contributed by atoms with E-state index in [0.29, 0.717) is 36.4 Å². The van der Waals surface area contributed by atoms with Crippen molar-refractivity contribution >= 4 is 11.6 Å². The van der Waals surface area contributed by atoms with Crippen LogP contribution in [0.2, 0.25) is 0 Å². The molecule has 2 aromatic heterocycles. The van der Waals surface area contributed by atoms with E-state index in [9.17, 15) is 23.1 Å². The Labute approximate surface area is 218 Å². The van der Waals surface area contributed by atoms with E-state index in [1.165, 1.54) is 30.7 Å². The quantitative estimate of drug-likeness (QED) is 0.387. The predicted octanol–water partition coefficient (Wildman–Crippen LogP) is 3.62. The lowest BCUT2D eigenvalue weighted by atomic mass is 10.0. The smallest absolute Gasteiger partial charge is 0.254 e. The molecule has 1 aromatic carbocycles. The molecule has 1 aliphatic carbocycles. The number of carbonyl (C=O) groups is 1. The minimum atomic E-state index is -1.16. The molecule has 3 atom stereocenters. The summed E-state index contributed by atoms with van der Waals surface area (Å²) < 4.78 is 45.7. The van der Waals surface area contributed by atoms with E-state index in [0.717, 1.165) is 12.8 Å². The van der Waals surface area contributed by atoms with Crippen molar-refractivity contribution in [2.24, 2.45) is 0 Å². The molecule has 0 radical (unpaired) electrons. The fraction of sp³-hybridized carbons (Fsp3) is 0.444. The predicted molar refractivity (Wildman–Crippen MR) is 137 cm³/mol. The highest BCUT2D eigenvalue weighted by Crippen LogP contribution is 2.28. The maximum atomic E-state index is 14.8. The summed E-state index contributed by atoms with van der Waals surface area (Å²) in [5.74, 6) is -1.81. The second-order valence-corrected chi connectivity index (χ2v) is 10.3. The Morgan fingerprint density at radius 2 is 2.00 bits per heavy atom. The lowest BCUT2D eigenvalue weighted by Gasteiger charge is -2.36. The lowest BCUT2D eigenvalue weighted by Crippen LogP contribution is -2.49. The van der Waals surface area contributed by atoms with Crippen molar-refractivity contribution in [3.8, 4) is 16.9 Å². The van der Waals surface area contributed by atoms with Crippen molar-refractivity contribution in [3.05, 3.63) is 59.8 Å². The van der Waals surface area contributed by atoms with Gasteiger partial charge in [-0.3, -0.25) is 9.69 Å². The zero-order chi connectivity index (χ0) is 27.0. The number of amides is 1. The number of hydrogen-bond donors (Lipinski definition) is 3. The number of benzene rings is 1. The topological polar surface area (TPSA) is 95.3 Å². The van der Waals surface area contributed by atoms with E-state index >= 15 is 0 Å². The highest BCUT2D eigenvalue weighted by molar-refractivity contribution is 5.95. The third-order valence-corrected chi connectivity index (χ3v) is 6.92. The van der Waals surface area contributed by atoms with Crippen LogP contribution in [0, 0.1) is 18.7 Å². The fourth-order valence-electron chi connectivity index (χ4n) is 4.79. The molecule has 3 heterocycles. The molecule has 1 aliphatic heterocycles. The average molecular weight is 529 g/mol. The maximum absolute atomic E-state index is 14.8. The van der Waals surface area contributed by atoms with E-state index < -0.39 is 36.0 Å². The third-order valence-electron chi connectivity index (χ3n) is 6.92. The highest BCUT2D eigenvalue weighted by atomic mass is 19.1. The number of aryl methyl sites for hydroxylation is 1. The van der Waals surface area contributed by atoms with Crippen molar-refractivity contribution < 1.29 is 23.1 Å². The molecule has 3 N–H and O–H groups in total. The molecule has 1 amide bonds. The summed E-state index contributed by atoms with van der Waals surface area (Å²) >= 11 is 0. The van der Waals surface area contributed by atoms with Crippen LogP contribution in [0.25, 0.3) is 16.9 Å². The van der Waals surface area contributed by atoms with Crippen molar-refractivity contribution in [3.63, 3.8) is 0 Å². The SMILES string of the molecule is Cc1cc(F)c(C(=O)NC2CC2)cc1-n1cnc(-c2cc(N[C@H]3CCN(C[C@H](C)O)C[C@H]3F)cnc2F)c1. The van der Waals surface area contributed by atoms with Crippen LogP contribution in [0.15, 0.2) is 36.9 Å².